The van der Waals surface area contributed by atoms with Crippen molar-refractivity contribution in [1.82, 2.24) is 14.8 Å². The van der Waals surface area contributed by atoms with Crippen molar-refractivity contribution in [2.75, 3.05) is 5.32 Å². The van der Waals surface area contributed by atoms with Crippen molar-refractivity contribution in [3.63, 3.8) is 0 Å². The van der Waals surface area contributed by atoms with Crippen LogP contribution in [-0.4, -0.2) is 14.8 Å². The first-order valence-electron chi connectivity index (χ1n) is 8.76. The molecule has 1 N–H and O–H groups in total. The van der Waals surface area contributed by atoms with Crippen LogP contribution in [0, 0.1) is 12.7 Å². The van der Waals surface area contributed by atoms with Crippen LogP contribution in [0.5, 0.6) is 0 Å². The third-order valence-electron chi connectivity index (χ3n) is 4.26. The molecule has 4 aromatic rings. The molecule has 0 fully saturated rings. The van der Waals surface area contributed by atoms with Crippen molar-refractivity contribution in [3.05, 3.63) is 96.1 Å². The first-order valence-corrected chi connectivity index (χ1v) is 8.76. The monoisotopic (exact) mass is 358 g/mol. The van der Waals surface area contributed by atoms with E-state index in [1.54, 1.807) is 16.9 Å². The Bertz CT molecular complexity index is 1060. The van der Waals surface area contributed by atoms with Crippen molar-refractivity contribution in [3.8, 4) is 16.9 Å². The number of anilines is 1. The van der Waals surface area contributed by atoms with Crippen LogP contribution in [0.25, 0.3) is 16.9 Å². The average Bonchev–Trinajstić information content (AvgIpc) is 3.09. The molecule has 0 bridgehead atoms. The Morgan fingerprint density at radius 1 is 0.963 bits per heavy atom. The maximum atomic E-state index is 13.7. The largest absolute Gasteiger partial charge is 0.366 e. The molecule has 4 rings (SSSR count). The van der Waals surface area contributed by atoms with Gasteiger partial charge in [0.2, 0.25) is 0 Å². The van der Waals surface area contributed by atoms with Gasteiger partial charge in [0.25, 0.3) is 0 Å². The molecular formula is C22H19FN4. The van der Waals surface area contributed by atoms with E-state index in [0.29, 0.717) is 12.2 Å². The summed E-state index contributed by atoms with van der Waals surface area (Å²) in [4.78, 5) is 4.40. The van der Waals surface area contributed by atoms with Crippen LogP contribution in [-0.2, 0) is 6.54 Å². The van der Waals surface area contributed by atoms with E-state index >= 15 is 0 Å². The lowest BCUT2D eigenvalue weighted by Gasteiger charge is -2.10. The maximum absolute atomic E-state index is 13.7. The summed E-state index contributed by atoms with van der Waals surface area (Å²) in [7, 11) is 0. The number of aromatic nitrogens is 3. The first kappa shape index (κ1) is 17.0. The van der Waals surface area contributed by atoms with Crippen molar-refractivity contribution in [2.45, 2.75) is 13.5 Å². The van der Waals surface area contributed by atoms with Crippen LogP contribution in [0.4, 0.5) is 10.2 Å². The minimum absolute atomic E-state index is 0.286. The van der Waals surface area contributed by atoms with E-state index in [2.05, 4.69) is 27.5 Å². The number of aryl methyl sites for hydroxylation is 1. The third-order valence-corrected chi connectivity index (χ3v) is 4.26. The fourth-order valence-electron chi connectivity index (χ4n) is 2.98. The molecule has 0 aliphatic heterocycles. The predicted octanol–water partition coefficient (Wildman–Crippen LogP) is 4.99. The second-order valence-corrected chi connectivity index (χ2v) is 6.33. The molecule has 0 atom stereocenters. The van der Waals surface area contributed by atoms with Gasteiger partial charge in [-0.2, -0.15) is 5.10 Å². The predicted molar refractivity (Wildman–Crippen MR) is 105 cm³/mol. The van der Waals surface area contributed by atoms with Gasteiger partial charge in [-0.25, -0.2) is 14.1 Å². The van der Waals surface area contributed by atoms with E-state index in [4.69, 9.17) is 0 Å². The van der Waals surface area contributed by atoms with Crippen LogP contribution in [0.2, 0.25) is 0 Å². The van der Waals surface area contributed by atoms with E-state index in [0.717, 1.165) is 22.8 Å². The zero-order chi connectivity index (χ0) is 18.6. The van der Waals surface area contributed by atoms with Crippen molar-refractivity contribution in [2.24, 2.45) is 0 Å². The molecule has 2 aromatic heterocycles. The van der Waals surface area contributed by atoms with Crippen molar-refractivity contribution < 1.29 is 4.39 Å². The van der Waals surface area contributed by atoms with E-state index < -0.39 is 0 Å². The summed E-state index contributed by atoms with van der Waals surface area (Å²) in [5.74, 6) is 0.493. The molecule has 5 heteroatoms. The van der Waals surface area contributed by atoms with Gasteiger partial charge in [0, 0.05) is 18.3 Å². The molecule has 0 radical (unpaired) electrons. The molecule has 0 unspecified atom stereocenters. The summed E-state index contributed by atoms with van der Waals surface area (Å²) in [5.41, 5.74) is 4.60. The molecule has 0 saturated carbocycles. The molecule has 134 valence electrons. The number of rotatable bonds is 5. The maximum Gasteiger partial charge on any atom is 0.126 e. The highest BCUT2D eigenvalue weighted by Gasteiger charge is 2.11. The second-order valence-electron chi connectivity index (χ2n) is 6.33. The van der Waals surface area contributed by atoms with E-state index in [1.807, 2.05) is 49.4 Å². The molecule has 0 aliphatic rings. The topological polar surface area (TPSA) is 42.7 Å². The van der Waals surface area contributed by atoms with Crippen LogP contribution in [0.15, 0.2) is 79.0 Å². The molecule has 2 heterocycles. The zero-order valence-electron chi connectivity index (χ0n) is 14.9. The number of nitrogens with zero attached hydrogens (tertiary/aromatic N) is 3. The number of hydrogen-bond donors (Lipinski definition) is 1. The number of pyridine rings is 1. The molecular weight excluding hydrogens is 339 g/mol. The quantitative estimate of drug-likeness (QED) is 0.546. The Kier molecular flexibility index (Phi) is 4.66. The van der Waals surface area contributed by atoms with Crippen molar-refractivity contribution >= 4 is 5.82 Å². The van der Waals surface area contributed by atoms with Gasteiger partial charge in [-0.1, -0.05) is 36.4 Å². The first-order chi connectivity index (χ1) is 13.2. The fraction of sp³-hybridized carbons (Fsp3) is 0.0909. The van der Waals surface area contributed by atoms with Gasteiger partial charge in [-0.3, -0.25) is 0 Å². The molecule has 2 aromatic carbocycles. The van der Waals surface area contributed by atoms with E-state index in [9.17, 15) is 4.39 Å². The lowest BCUT2D eigenvalue weighted by molar-refractivity contribution is 0.625. The number of halogens is 1. The third kappa shape index (κ3) is 3.87. The normalized spacial score (nSPS) is 10.7. The zero-order valence-corrected chi connectivity index (χ0v) is 14.9. The van der Waals surface area contributed by atoms with Gasteiger partial charge in [0.15, 0.2) is 0 Å². The number of nitrogens with one attached hydrogen (secondary N) is 1. The minimum Gasteiger partial charge on any atom is -0.366 e. The van der Waals surface area contributed by atoms with Crippen LogP contribution < -0.4 is 5.32 Å². The van der Waals surface area contributed by atoms with Gasteiger partial charge in [-0.05, 0) is 48.9 Å². The highest BCUT2D eigenvalue weighted by molar-refractivity contribution is 5.65. The molecule has 0 amide bonds. The molecule has 27 heavy (non-hydrogen) atoms. The molecule has 0 aliphatic carbocycles. The summed E-state index contributed by atoms with van der Waals surface area (Å²) >= 11 is 0. The summed E-state index contributed by atoms with van der Waals surface area (Å²) in [5, 5.41) is 7.88. The summed E-state index contributed by atoms with van der Waals surface area (Å²) in [6, 6.07) is 22.5. The van der Waals surface area contributed by atoms with Gasteiger partial charge in [0.05, 0.1) is 17.1 Å². The Labute approximate surface area is 157 Å². The van der Waals surface area contributed by atoms with Crippen molar-refractivity contribution in [1.29, 1.82) is 0 Å². The van der Waals surface area contributed by atoms with Gasteiger partial charge in [0.1, 0.15) is 11.6 Å². The van der Waals surface area contributed by atoms with Gasteiger partial charge in [-0.15, -0.1) is 0 Å². The number of benzene rings is 2. The van der Waals surface area contributed by atoms with Crippen LogP contribution in [0.3, 0.4) is 0 Å². The fourth-order valence-corrected chi connectivity index (χ4v) is 2.98. The van der Waals surface area contributed by atoms with Crippen LogP contribution in [0.1, 0.15) is 11.3 Å². The summed E-state index contributed by atoms with van der Waals surface area (Å²) in [6.45, 7) is 2.62. The van der Waals surface area contributed by atoms with Crippen LogP contribution >= 0.6 is 0 Å². The minimum atomic E-state index is -0.286. The standard InChI is InChI=1S/C22H19FN4/c1-16-12-21(27(26-16)20-9-5-8-19(23)14-20)18-10-11-24-22(13-18)25-15-17-6-3-2-4-7-17/h2-14H,15H2,1H3,(H,24,25). The highest BCUT2D eigenvalue weighted by atomic mass is 19.1. The SMILES string of the molecule is Cc1cc(-c2ccnc(NCc3ccccc3)c2)n(-c2cccc(F)c2)n1. The molecule has 0 saturated heterocycles. The second kappa shape index (κ2) is 7.41. The number of hydrogen-bond acceptors (Lipinski definition) is 3. The highest BCUT2D eigenvalue weighted by Crippen LogP contribution is 2.25. The van der Waals surface area contributed by atoms with Gasteiger partial charge < -0.3 is 5.32 Å². The van der Waals surface area contributed by atoms with E-state index in [-0.39, 0.29) is 5.82 Å². The van der Waals surface area contributed by atoms with E-state index in [1.165, 1.54) is 17.7 Å². The Morgan fingerprint density at radius 2 is 1.81 bits per heavy atom. The molecule has 0 spiro atoms. The Morgan fingerprint density at radius 3 is 2.63 bits per heavy atom. The smallest absolute Gasteiger partial charge is 0.126 e. The summed E-state index contributed by atoms with van der Waals surface area (Å²) < 4.78 is 15.4. The lowest BCUT2D eigenvalue weighted by Crippen LogP contribution is -2.03. The van der Waals surface area contributed by atoms with Gasteiger partial charge >= 0.3 is 0 Å². The average molecular weight is 358 g/mol. The summed E-state index contributed by atoms with van der Waals surface area (Å²) in [6.07, 6.45) is 1.76. The Balaban J connectivity index is 1.64. The Hall–Kier alpha value is -3.47. The molecule has 4 nitrogen and oxygen atoms in total. The lowest BCUT2D eigenvalue weighted by atomic mass is 10.1.